The van der Waals surface area contributed by atoms with E-state index in [1.54, 1.807) is 35.5 Å². The van der Waals surface area contributed by atoms with Gasteiger partial charge in [0.2, 0.25) is 0 Å². The Morgan fingerprint density at radius 3 is 1.45 bits per heavy atom. The molecule has 38 heavy (non-hydrogen) atoms. The van der Waals surface area contributed by atoms with E-state index in [1.165, 1.54) is 34.8 Å². The molecule has 5 nitrogen and oxygen atoms in total. The van der Waals surface area contributed by atoms with Gasteiger partial charge in [-0.3, -0.25) is 9.97 Å². The van der Waals surface area contributed by atoms with Crippen molar-refractivity contribution in [1.29, 1.82) is 0 Å². The molecule has 0 saturated carbocycles. The number of thiophene rings is 2. The van der Waals surface area contributed by atoms with Gasteiger partial charge in [0.1, 0.15) is 11.6 Å². The van der Waals surface area contributed by atoms with E-state index >= 15 is 0 Å². The molecule has 0 atom stereocenters. The predicted molar refractivity (Wildman–Crippen MR) is 146 cm³/mol. The molecule has 6 rings (SSSR count). The maximum atomic E-state index is 14.3. The van der Waals surface area contributed by atoms with Gasteiger partial charge >= 0.3 is 0 Å². The number of aromatic nitrogens is 5. The number of benzene rings is 1. The highest BCUT2D eigenvalue weighted by molar-refractivity contribution is 7.10. The van der Waals surface area contributed by atoms with E-state index in [-0.39, 0.29) is 11.6 Å². The lowest BCUT2D eigenvalue weighted by Crippen LogP contribution is -2.02. The molecule has 0 fully saturated rings. The fourth-order valence-electron chi connectivity index (χ4n) is 4.12. The molecule has 9 heteroatoms. The number of pyridine rings is 2. The molecule has 5 heterocycles. The molecule has 0 aliphatic carbocycles. The second-order valence-corrected chi connectivity index (χ2v) is 10.6. The van der Waals surface area contributed by atoms with Crippen molar-refractivity contribution in [2.45, 2.75) is 12.8 Å². The molecule has 186 valence electrons. The molecule has 0 aliphatic rings. The standard InChI is InChI=1S/C29H19F2N5S2/c30-23-5-9-37-25(23)14-18-11-19(15-26-24(31)6-10-38-26)13-22(12-18)29-35-27(20-3-1-7-32-16-20)34-28(36-29)21-4-2-8-33-17-21/h1-13,16-17H,14-15H2. The first-order valence-corrected chi connectivity index (χ1v) is 13.5. The quantitative estimate of drug-likeness (QED) is 0.214. The Kier molecular flexibility index (Phi) is 6.76. The number of hydrogen-bond donors (Lipinski definition) is 0. The highest BCUT2D eigenvalue weighted by Gasteiger charge is 2.16. The van der Waals surface area contributed by atoms with Crippen molar-refractivity contribution in [3.05, 3.63) is 123 Å². The van der Waals surface area contributed by atoms with E-state index in [0.29, 0.717) is 40.1 Å². The zero-order chi connectivity index (χ0) is 25.9. The monoisotopic (exact) mass is 539 g/mol. The maximum absolute atomic E-state index is 14.3. The largest absolute Gasteiger partial charge is 0.264 e. The Balaban J connectivity index is 1.50. The second kappa shape index (κ2) is 10.6. The molecule has 0 amide bonds. The minimum Gasteiger partial charge on any atom is -0.264 e. The zero-order valence-electron chi connectivity index (χ0n) is 19.9. The highest BCUT2D eigenvalue weighted by atomic mass is 32.1. The molecule has 1 aromatic carbocycles. The van der Waals surface area contributed by atoms with Crippen LogP contribution in [0.4, 0.5) is 8.78 Å². The molecule has 0 radical (unpaired) electrons. The van der Waals surface area contributed by atoms with Crippen LogP contribution < -0.4 is 0 Å². The average Bonchev–Trinajstić information content (AvgIpc) is 3.56. The molecule has 0 spiro atoms. The Morgan fingerprint density at radius 1 is 0.579 bits per heavy atom. The van der Waals surface area contributed by atoms with E-state index in [0.717, 1.165) is 27.8 Å². The molecular weight excluding hydrogens is 520 g/mol. The number of halogens is 2. The van der Waals surface area contributed by atoms with Crippen LogP contribution in [0, 0.1) is 11.6 Å². The fourth-order valence-corrected chi connectivity index (χ4v) is 5.69. The Bertz CT molecular complexity index is 1580. The number of hydrogen-bond acceptors (Lipinski definition) is 7. The van der Waals surface area contributed by atoms with E-state index in [9.17, 15) is 8.78 Å². The van der Waals surface area contributed by atoms with Gasteiger partial charge in [-0.25, -0.2) is 23.7 Å². The summed E-state index contributed by atoms with van der Waals surface area (Å²) < 4.78 is 28.6. The van der Waals surface area contributed by atoms with Crippen LogP contribution in [0.25, 0.3) is 34.2 Å². The van der Waals surface area contributed by atoms with Crippen LogP contribution in [-0.2, 0) is 12.8 Å². The summed E-state index contributed by atoms with van der Waals surface area (Å²) in [6.07, 6.45) is 7.61. The lowest BCUT2D eigenvalue weighted by molar-refractivity contribution is 0.621. The van der Waals surface area contributed by atoms with Gasteiger partial charge in [0, 0.05) is 64.1 Å². The molecule has 5 aromatic heterocycles. The summed E-state index contributed by atoms with van der Waals surface area (Å²) in [7, 11) is 0. The van der Waals surface area contributed by atoms with Crippen LogP contribution in [0.2, 0.25) is 0 Å². The minimum atomic E-state index is -0.232. The Hall–Kier alpha value is -4.21. The van der Waals surface area contributed by atoms with Crippen molar-refractivity contribution in [2.75, 3.05) is 0 Å². The molecule has 0 N–H and O–H groups in total. The van der Waals surface area contributed by atoms with Crippen molar-refractivity contribution in [3.8, 4) is 34.2 Å². The van der Waals surface area contributed by atoms with E-state index in [4.69, 9.17) is 15.0 Å². The predicted octanol–water partition coefficient (Wildman–Crippen LogP) is 7.25. The fraction of sp³-hybridized carbons (Fsp3) is 0.0690. The van der Waals surface area contributed by atoms with Gasteiger partial charge in [-0.1, -0.05) is 6.07 Å². The van der Waals surface area contributed by atoms with Gasteiger partial charge in [0.15, 0.2) is 17.5 Å². The normalized spacial score (nSPS) is 11.1. The highest BCUT2D eigenvalue weighted by Crippen LogP contribution is 2.29. The maximum Gasteiger partial charge on any atom is 0.165 e. The third-order valence-electron chi connectivity index (χ3n) is 5.90. The van der Waals surface area contributed by atoms with E-state index in [2.05, 4.69) is 9.97 Å². The average molecular weight is 540 g/mol. The van der Waals surface area contributed by atoms with Crippen LogP contribution in [0.15, 0.2) is 90.1 Å². The van der Waals surface area contributed by atoms with Crippen LogP contribution in [-0.4, -0.2) is 24.9 Å². The molecule has 0 unspecified atom stereocenters. The summed E-state index contributed by atoms with van der Waals surface area (Å²) in [5.74, 6) is 0.942. The lowest BCUT2D eigenvalue weighted by Gasteiger charge is -2.11. The smallest absolute Gasteiger partial charge is 0.165 e. The SMILES string of the molecule is Fc1ccsc1Cc1cc(Cc2sccc2F)cc(-c2nc(-c3cccnc3)nc(-c3cccnc3)n2)c1. The van der Waals surface area contributed by atoms with Gasteiger partial charge in [-0.15, -0.1) is 22.7 Å². The Labute approximate surface area is 225 Å². The first-order valence-electron chi connectivity index (χ1n) is 11.8. The molecule has 6 aromatic rings. The van der Waals surface area contributed by atoms with Gasteiger partial charge < -0.3 is 0 Å². The summed E-state index contributed by atoms with van der Waals surface area (Å²) in [6, 6.07) is 16.3. The van der Waals surface area contributed by atoms with Crippen LogP contribution in [0.3, 0.4) is 0 Å². The lowest BCUT2D eigenvalue weighted by atomic mass is 10.00. The van der Waals surface area contributed by atoms with Crippen LogP contribution >= 0.6 is 22.7 Å². The summed E-state index contributed by atoms with van der Waals surface area (Å²) in [4.78, 5) is 24.0. The van der Waals surface area contributed by atoms with Crippen molar-refractivity contribution in [3.63, 3.8) is 0 Å². The van der Waals surface area contributed by atoms with Gasteiger partial charge in [0.25, 0.3) is 0 Å². The minimum absolute atomic E-state index is 0.232. The topological polar surface area (TPSA) is 64.5 Å². The van der Waals surface area contributed by atoms with Gasteiger partial charge in [-0.2, -0.15) is 0 Å². The molecule has 0 bridgehead atoms. The summed E-state index contributed by atoms with van der Waals surface area (Å²) in [5, 5.41) is 3.48. The summed E-state index contributed by atoms with van der Waals surface area (Å²) in [5.41, 5.74) is 4.02. The van der Waals surface area contributed by atoms with Crippen molar-refractivity contribution >= 4 is 22.7 Å². The van der Waals surface area contributed by atoms with Gasteiger partial charge in [-0.05, 0) is 70.4 Å². The van der Waals surface area contributed by atoms with Crippen molar-refractivity contribution in [2.24, 2.45) is 0 Å². The Morgan fingerprint density at radius 2 is 1.05 bits per heavy atom. The summed E-state index contributed by atoms with van der Waals surface area (Å²) in [6.45, 7) is 0. The third kappa shape index (κ3) is 5.25. The summed E-state index contributed by atoms with van der Waals surface area (Å²) >= 11 is 2.74. The zero-order valence-corrected chi connectivity index (χ0v) is 21.5. The molecule has 0 saturated heterocycles. The number of nitrogens with zero attached hydrogens (tertiary/aromatic N) is 5. The van der Waals surface area contributed by atoms with Crippen molar-refractivity contribution < 1.29 is 8.78 Å². The first kappa shape index (κ1) is 24.1. The van der Waals surface area contributed by atoms with Crippen LogP contribution in [0.1, 0.15) is 20.9 Å². The van der Waals surface area contributed by atoms with Crippen LogP contribution in [0.5, 0.6) is 0 Å². The third-order valence-corrected chi connectivity index (χ3v) is 7.69. The number of rotatable bonds is 7. The van der Waals surface area contributed by atoms with Crippen molar-refractivity contribution in [1.82, 2.24) is 24.9 Å². The van der Waals surface area contributed by atoms with E-state index < -0.39 is 0 Å². The van der Waals surface area contributed by atoms with E-state index in [1.807, 2.05) is 42.5 Å². The van der Waals surface area contributed by atoms with Gasteiger partial charge in [0.05, 0.1) is 0 Å². The second-order valence-electron chi connectivity index (χ2n) is 8.56. The molecule has 0 aliphatic heterocycles. The first-order chi connectivity index (χ1) is 18.6. The molecular formula is C29H19F2N5S2.